The number of halogens is 1. The van der Waals surface area contributed by atoms with E-state index in [0.29, 0.717) is 5.02 Å². The molecule has 2 rings (SSSR count). The van der Waals surface area contributed by atoms with E-state index in [9.17, 15) is 0 Å². The highest BCUT2D eigenvalue weighted by Crippen LogP contribution is 2.19. The first-order chi connectivity index (χ1) is 10.1. The SMILES string of the molecule is CCNC(Cc1cn(C)nn1)C(C)Oc1cccc(Cl)c1. The number of benzene rings is 1. The minimum absolute atomic E-state index is 0.00887. The zero-order valence-electron chi connectivity index (χ0n) is 12.6. The van der Waals surface area contributed by atoms with Crippen molar-refractivity contribution < 1.29 is 4.74 Å². The summed E-state index contributed by atoms with van der Waals surface area (Å²) < 4.78 is 7.70. The Morgan fingerprint density at radius 3 is 2.86 bits per heavy atom. The van der Waals surface area contributed by atoms with E-state index in [1.54, 1.807) is 4.68 Å². The molecule has 0 spiro atoms. The number of hydrogen-bond acceptors (Lipinski definition) is 4. The lowest BCUT2D eigenvalue weighted by Gasteiger charge is -2.25. The molecule has 0 fully saturated rings. The molecule has 1 aromatic carbocycles. The van der Waals surface area contributed by atoms with Crippen LogP contribution in [0.3, 0.4) is 0 Å². The smallest absolute Gasteiger partial charge is 0.121 e. The maximum absolute atomic E-state index is 5.99. The summed E-state index contributed by atoms with van der Waals surface area (Å²) in [6.07, 6.45) is 2.69. The molecule has 1 aromatic heterocycles. The van der Waals surface area contributed by atoms with Crippen LogP contribution in [-0.4, -0.2) is 33.7 Å². The van der Waals surface area contributed by atoms with Gasteiger partial charge < -0.3 is 10.1 Å². The Labute approximate surface area is 130 Å². The summed E-state index contributed by atoms with van der Waals surface area (Å²) in [6.45, 7) is 4.99. The summed E-state index contributed by atoms with van der Waals surface area (Å²) in [5.74, 6) is 0.775. The van der Waals surface area contributed by atoms with Crippen molar-refractivity contribution in [2.75, 3.05) is 6.54 Å². The highest BCUT2D eigenvalue weighted by atomic mass is 35.5. The molecule has 5 nitrogen and oxygen atoms in total. The molecule has 21 heavy (non-hydrogen) atoms. The largest absolute Gasteiger partial charge is 0.489 e. The second-order valence-corrected chi connectivity index (χ2v) is 5.47. The predicted molar refractivity (Wildman–Crippen MR) is 83.7 cm³/mol. The number of likely N-dealkylation sites (N-methyl/N-ethyl adjacent to an activating group) is 1. The average molecular weight is 309 g/mol. The molecule has 0 aliphatic rings. The quantitative estimate of drug-likeness (QED) is 0.853. The van der Waals surface area contributed by atoms with Crippen LogP contribution in [0.1, 0.15) is 19.5 Å². The van der Waals surface area contributed by atoms with Crippen LogP contribution in [0.15, 0.2) is 30.5 Å². The lowest BCUT2D eigenvalue weighted by molar-refractivity contribution is 0.170. The van der Waals surface area contributed by atoms with Crippen LogP contribution in [-0.2, 0) is 13.5 Å². The fourth-order valence-electron chi connectivity index (χ4n) is 2.22. The lowest BCUT2D eigenvalue weighted by Crippen LogP contribution is -2.43. The summed E-state index contributed by atoms with van der Waals surface area (Å²) in [4.78, 5) is 0. The van der Waals surface area contributed by atoms with Crippen molar-refractivity contribution in [2.24, 2.45) is 7.05 Å². The van der Waals surface area contributed by atoms with E-state index in [4.69, 9.17) is 16.3 Å². The van der Waals surface area contributed by atoms with Crippen molar-refractivity contribution in [3.05, 3.63) is 41.2 Å². The van der Waals surface area contributed by atoms with Gasteiger partial charge >= 0.3 is 0 Å². The Bertz CT molecular complexity index is 572. The van der Waals surface area contributed by atoms with Gasteiger partial charge in [-0.05, 0) is 31.7 Å². The molecule has 0 aliphatic carbocycles. The van der Waals surface area contributed by atoms with E-state index in [0.717, 1.165) is 24.4 Å². The van der Waals surface area contributed by atoms with E-state index in [1.165, 1.54) is 0 Å². The van der Waals surface area contributed by atoms with Crippen LogP contribution in [0.2, 0.25) is 5.02 Å². The normalized spacial score (nSPS) is 13.9. The molecule has 2 atom stereocenters. The summed E-state index contributed by atoms with van der Waals surface area (Å²) in [6, 6.07) is 7.61. The Balaban J connectivity index is 2.02. The fourth-order valence-corrected chi connectivity index (χ4v) is 2.40. The molecule has 2 aromatic rings. The summed E-state index contributed by atoms with van der Waals surface area (Å²) in [5.41, 5.74) is 0.949. The number of aromatic nitrogens is 3. The van der Waals surface area contributed by atoms with Gasteiger partial charge in [0.25, 0.3) is 0 Å². The number of nitrogens with one attached hydrogen (secondary N) is 1. The zero-order chi connectivity index (χ0) is 15.2. The molecule has 0 amide bonds. The van der Waals surface area contributed by atoms with Gasteiger partial charge in [0.15, 0.2) is 0 Å². The highest BCUT2D eigenvalue weighted by molar-refractivity contribution is 6.30. The van der Waals surface area contributed by atoms with Gasteiger partial charge in [0.05, 0.1) is 5.69 Å². The van der Waals surface area contributed by atoms with E-state index in [1.807, 2.05) is 44.4 Å². The van der Waals surface area contributed by atoms with Gasteiger partial charge in [-0.25, -0.2) is 0 Å². The molecule has 1 heterocycles. The van der Waals surface area contributed by atoms with Crippen LogP contribution in [0.4, 0.5) is 0 Å². The van der Waals surface area contributed by atoms with Crippen molar-refractivity contribution in [3.8, 4) is 5.75 Å². The second-order valence-electron chi connectivity index (χ2n) is 5.03. The molecule has 6 heteroatoms. The van der Waals surface area contributed by atoms with Crippen molar-refractivity contribution in [1.29, 1.82) is 0 Å². The molecule has 1 N–H and O–H groups in total. The minimum Gasteiger partial charge on any atom is -0.489 e. The van der Waals surface area contributed by atoms with Crippen molar-refractivity contribution >= 4 is 11.6 Å². The van der Waals surface area contributed by atoms with Crippen molar-refractivity contribution in [3.63, 3.8) is 0 Å². The van der Waals surface area contributed by atoms with E-state index >= 15 is 0 Å². The first-order valence-corrected chi connectivity index (χ1v) is 7.47. The van der Waals surface area contributed by atoms with Crippen LogP contribution in [0.5, 0.6) is 5.75 Å². The molecule has 0 aliphatic heterocycles. The van der Waals surface area contributed by atoms with Gasteiger partial charge in [-0.1, -0.05) is 29.8 Å². The number of aryl methyl sites for hydroxylation is 1. The molecule has 0 saturated heterocycles. The fraction of sp³-hybridized carbons (Fsp3) is 0.467. The van der Waals surface area contributed by atoms with E-state index in [-0.39, 0.29) is 12.1 Å². The Hall–Kier alpha value is -1.59. The van der Waals surface area contributed by atoms with Crippen LogP contribution >= 0.6 is 11.6 Å². The molecular formula is C15H21ClN4O. The number of hydrogen-bond donors (Lipinski definition) is 1. The number of rotatable bonds is 7. The zero-order valence-corrected chi connectivity index (χ0v) is 13.3. The first kappa shape index (κ1) is 15.8. The minimum atomic E-state index is -0.00887. The molecule has 114 valence electrons. The van der Waals surface area contributed by atoms with Gasteiger partial charge in [0.2, 0.25) is 0 Å². The third-order valence-electron chi connectivity index (χ3n) is 3.23. The summed E-state index contributed by atoms with van der Waals surface area (Å²) >= 11 is 5.98. The van der Waals surface area contributed by atoms with E-state index in [2.05, 4.69) is 22.6 Å². The molecular weight excluding hydrogens is 288 g/mol. The highest BCUT2D eigenvalue weighted by Gasteiger charge is 2.20. The maximum atomic E-state index is 5.99. The Kier molecular flexibility index (Phi) is 5.59. The third-order valence-corrected chi connectivity index (χ3v) is 3.47. The van der Waals surface area contributed by atoms with Gasteiger partial charge in [-0.3, -0.25) is 4.68 Å². The predicted octanol–water partition coefficient (Wildman–Crippen LogP) is 2.46. The standard InChI is InChI=1S/C15H21ClN4O/c1-4-17-15(9-13-10-20(3)19-18-13)11(2)21-14-7-5-6-12(16)8-14/h5-8,10-11,15,17H,4,9H2,1-3H3. The monoisotopic (exact) mass is 308 g/mol. The van der Waals surface area contributed by atoms with Gasteiger partial charge in [-0.15, -0.1) is 5.10 Å². The summed E-state index contributed by atoms with van der Waals surface area (Å²) in [7, 11) is 1.87. The number of nitrogens with zero attached hydrogens (tertiary/aromatic N) is 3. The van der Waals surface area contributed by atoms with E-state index < -0.39 is 0 Å². The molecule has 0 saturated carbocycles. The molecule has 0 bridgehead atoms. The van der Waals surface area contributed by atoms with Crippen molar-refractivity contribution in [2.45, 2.75) is 32.4 Å². The average Bonchev–Trinajstić information content (AvgIpc) is 2.84. The topological polar surface area (TPSA) is 52.0 Å². The van der Waals surface area contributed by atoms with Crippen LogP contribution in [0, 0.1) is 0 Å². The van der Waals surface area contributed by atoms with Crippen LogP contribution < -0.4 is 10.1 Å². The Morgan fingerprint density at radius 2 is 2.24 bits per heavy atom. The third kappa shape index (κ3) is 4.72. The number of ether oxygens (including phenoxy) is 1. The summed E-state index contributed by atoms with van der Waals surface area (Å²) in [5, 5.41) is 12.2. The van der Waals surface area contributed by atoms with Gasteiger partial charge in [-0.2, -0.15) is 0 Å². The van der Waals surface area contributed by atoms with Gasteiger partial charge in [0, 0.05) is 30.7 Å². The first-order valence-electron chi connectivity index (χ1n) is 7.09. The molecule has 2 unspecified atom stereocenters. The maximum Gasteiger partial charge on any atom is 0.121 e. The molecule has 0 radical (unpaired) electrons. The lowest BCUT2D eigenvalue weighted by atomic mass is 10.1. The Morgan fingerprint density at radius 1 is 1.43 bits per heavy atom. The van der Waals surface area contributed by atoms with Crippen LogP contribution in [0.25, 0.3) is 0 Å². The van der Waals surface area contributed by atoms with Gasteiger partial charge in [0.1, 0.15) is 11.9 Å². The second kappa shape index (κ2) is 7.43. The van der Waals surface area contributed by atoms with Crippen molar-refractivity contribution in [1.82, 2.24) is 20.3 Å².